The number of likely N-dealkylation sites (tertiary alicyclic amines) is 1. The number of rotatable bonds is 8. The van der Waals surface area contributed by atoms with E-state index in [2.05, 4.69) is 45.8 Å². The number of amides is 1. The number of nitriles is 1. The summed E-state index contributed by atoms with van der Waals surface area (Å²) in [6.07, 6.45) is 7.99. The molecule has 5 heterocycles. The van der Waals surface area contributed by atoms with Gasteiger partial charge in [0.1, 0.15) is 6.61 Å². The van der Waals surface area contributed by atoms with E-state index in [1.165, 1.54) is 6.08 Å². The maximum atomic E-state index is 12.5. The molecule has 4 aromatic rings. The molecule has 0 radical (unpaired) electrons. The second kappa shape index (κ2) is 10.9. The lowest BCUT2D eigenvalue weighted by Gasteiger charge is -2.40. The van der Waals surface area contributed by atoms with Crippen molar-refractivity contribution < 1.29 is 9.53 Å². The number of fused-ring (bicyclic) bond motifs is 2. The molecular weight excluding hydrogens is 508 g/mol. The zero-order chi connectivity index (χ0) is 27.6. The van der Waals surface area contributed by atoms with E-state index in [0.717, 1.165) is 41.5 Å². The van der Waals surface area contributed by atoms with E-state index >= 15 is 0 Å². The average molecular weight is 541 g/mol. The number of nitrogens with one attached hydrogen (secondary N) is 1. The van der Waals surface area contributed by atoms with Gasteiger partial charge in [0, 0.05) is 37.5 Å². The smallest absolute Gasteiger partial charge is 0.336 e. The van der Waals surface area contributed by atoms with Crippen LogP contribution in [0.15, 0.2) is 43.2 Å². The number of piperazine rings is 1. The highest BCUT2D eigenvalue weighted by molar-refractivity contribution is 5.87. The standard InChI is InChI=1S/C28H32N10O2/c1-3-25(39)37-13-12-36(17-20(37)9-10-29)27-26-30-15-22(14-19-6-4-8-24-23(19)16-31-33-24)38(26)34-28(32-27)40-18-21-7-5-11-35(21)2/h3-4,6,8,15-16,20-21H,1,5,7,9,11-14,17-18H2,2H3,(H,31,33)/t20-,21-/m0/s1. The molecule has 0 unspecified atom stereocenters. The van der Waals surface area contributed by atoms with Crippen LogP contribution < -0.4 is 9.64 Å². The van der Waals surface area contributed by atoms with Crippen molar-refractivity contribution in [3.8, 4) is 12.1 Å². The number of aromatic amines is 1. The van der Waals surface area contributed by atoms with Crippen molar-refractivity contribution >= 4 is 28.3 Å². The SMILES string of the molecule is C=CC(=O)N1CCN(c2nc(OC[C@@H]3CCCN3C)nn3c(Cc4cccc5[nH]ncc45)cnc23)C[C@@H]1CC#N. The number of hydrogen-bond acceptors (Lipinski definition) is 9. The van der Waals surface area contributed by atoms with Crippen LogP contribution in [-0.4, -0.2) is 97.4 Å². The number of likely N-dealkylation sites (N-methyl/N-ethyl adjacent to an activating group) is 1. The van der Waals surface area contributed by atoms with Crippen molar-refractivity contribution in [2.75, 3.05) is 44.7 Å². The topological polar surface area (TPSA) is 132 Å². The Morgan fingerprint density at radius 2 is 2.17 bits per heavy atom. The Morgan fingerprint density at radius 1 is 1.27 bits per heavy atom. The third kappa shape index (κ3) is 4.84. The molecule has 40 heavy (non-hydrogen) atoms. The molecule has 2 saturated heterocycles. The van der Waals surface area contributed by atoms with Gasteiger partial charge >= 0.3 is 6.01 Å². The molecule has 0 saturated carbocycles. The zero-order valence-electron chi connectivity index (χ0n) is 22.5. The molecular formula is C28H32N10O2. The molecule has 1 N–H and O–H groups in total. The number of aromatic nitrogens is 6. The van der Waals surface area contributed by atoms with Gasteiger partial charge in [0.15, 0.2) is 11.5 Å². The van der Waals surface area contributed by atoms with Crippen molar-refractivity contribution in [3.63, 3.8) is 0 Å². The molecule has 0 aliphatic carbocycles. The minimum atomic E-state index is -0.288. The number of anilines is 1. The van der Waals surface area contributed by atoms with Gasteiger partial charge in [-0.25, -0.2) is 9.50 Å². The fourth-order valence-electron chi connectivity index (χ4n) is 5.76. The van der Waals surface area contributed by atoms with E-state index in [-0.39, 0.29) is 24.4 Å². The number of carbonyl (C=O) groups excluding carboxylic acids is 1. The first-order valence-electron chi connectivity index (χ1n) is 13.6. The molecule has 2 fully saturated rings. The zero-order valence-corrected chi connectivity index (χ0v) is 22.5. The summed E-state index contributed by atoms with van der Waals surface area (Å²) >= 11 is 0. The third-order valence-electron chi connectivity index (χ3n) is 7.99. The van der Waals surface area contributed by atoms with Gasteiger partial charge in [0.25, 0.3) is 0 Å². The van der Waals surface area contributed by atoms with Crippen LogP contribution in [0.3, 0.4) is 0 Å². The first-order valence-corrected chi connectivity index (χ1v) is 13.6. The largest absolute Gasteiger partial charge is 0.461 e. The highest BCUT2D eigenvalue weighted by atomic mass is 16.5. The van der Waals surface area contributed by atoms with Crippen molar-refractivity contribution in [1.29, 1.82) is 5.26 Å². The Labute approximate surface area is 231 Å². The normalized spacial score (nSPS) is 19.8. The van der Waals surface area contributed by atoms with Crippen LogP contribution in [0.4, 0.5) is 5.82 Å². The lowest BCUT2D eigenvalue weighted by molar-refractivity contribution is -0.128. The van der Waals surface area contributed by atoms with Gasteiger partial charge in [-0.3, -0.25) is 9.89 Å². The van der Waals surface area contributed by atoms with Crippen LogP contribution in [0.25, 0.3) is 16.6 Å². The Kier molecular flexibility index (Phi) is 7.04. The first kappa shape index (κ1) is 25.8. The fourth-order valence-corrected chi connectivity index (χ4v) is 5.76. The van der Waals surface area contributed by atoms with Crippen molar-refractivity contribution in [2.45, 2.75) is 37.8 Å². The predicted octanol–water partition coefficient (Wildman–Crippen LogP) is 2.18. The Morgan fingerprint density at radius 3 is 2.98 bits per heavy atom. The van der Waals surface area contributed by atoms with Crippen LogP contribution in [0.5, 0.6) is 6.01 Å². The summed E-state index contributed by atoms with van der Waals surface area (Å²) in [5.74, 6) is 0.458. The van der Waals surface area contributed by atoms with Gasteiger partial charge in [-0.05, 0) is 44.1 Å². The fraction of sp³-hybridized carbons (Fsp3) is 0.429. The van der Waals surface area contributed by atoms with Crippen LogP contribution in [0, 0.1) is 11.3 Å². The van der Waals surface area contributed by atoms with Gasteiger partial charge in [-0.15, -0.1) is 5.10 Å². The van der Waals surface area contributed by atoms with Gasteiger partial charge in [-0.1, -0.05) is 18.7 Å². The quantitative estimate of drug-likeness (QED) is 0.334. The molecule has 6 rings (SSSR count). The average Bonchev–Trinajstić information content (AvgIpc) is 3.72. The number of nitrogens with zero attached hydrogens (tertiary/aromatic N) is 9. The molecule has 2 aliphatic rings. The number of H-pyrrole nitrogens is 1. The predicted molar refractivity (Wildman–Crippen MR) is 149 cm³/mol. The molecule has 2 aliphatic heterocycles. The number of benzene rings is 1. The monoisotopic (exact) mass is 540 g/mol. The molecule has 3 aromatic heterocycles. The first-order chi connectivity index (χ1) is 19.6. The molecule has 206 valence electrons. The van der Waals surface area contributed by atoms with Crippen LogP contribution >= 0.6 is 0 Å². The minimum Gasteiger partial charge on any atom is -0.461 e. The third-order valence-corrected chi connectivity index (χ3v) is 7.99. The molecule has 12 heteroatoms. The summed E-state index contributed by atoms with van der Waals surface area (Å²) in [6.45, 7) is 6.61. The summed E-state index contributed by atoms with van der Waals surface area (Å²) in [6, 6.07) is 8.62. The molecule has 12 nitrogen and oxygen atoms in total. The van der Waals surface area contributed by atoms with E-state index in [4.69, 9.17) is 19.8 Å². The molecule has 1 aromatic carbocycles. The summed E-state index contributed by atoms with van der Waals surface area (Å²) in [5.41, 5.74) is 3.58. The number of imidazole rings is 1. The van der Waals surface area contributed by atoms with E-state index < -0.39 is 0 Å². The van der Waals surface area contributed by atoms with Gasteiger partial charge < -0.3 is 19.4 Å². The molecule has 0 bridgehead atoms. The van der Waals surface area contributed by atoms with Crippen molar-refractivity contribution in [1.82, 2.24) is 39.6 Å². The highest BCUT2D eigenvalue weighted by Gasteiger charge is 2.32. The van der Waals surface area contributed by atoms with Crippen LogP contribution in [-0.2, 0) is 11.2 Å². The second-order valence-corrected chi connectivity index (χ2v) is 10.4. The number of carbonyl (C=O) groups is 1. The summed E-state index contributed by atoms with van der Waals surface area (Å²) < 4.78 is 8.01. The highest BCUT2D eigenvalue weighted by Crippen LogP contribution is 2.27. The summed E-state index contributed by atoms with van der Waals surface area (Å²) in [7, 11) is 2.11. The van der Waals surface area contributed by atoms with Gasteiger partial charge in [0.05, 0.1) is 42.1 Å². The summed E-state index contributed by atoms with van der Waals surface area (Å²) in [5, 5.41) is 22.5. The van der Waals surface area contributed by atoms with Crippen LogP contribution in [0.2, 0.25) is 0 Å². The number of ether oxygens (including phenoxy) is 1. The number of hydrogen-bond donors (Lipinski definition) is 1. The molecule has 0 spiro atoms. The van der Waals surface area contributed by atoms with Gasteiger partial charge in [0.2, 0.25) is 5.91 Å². The Bertz CT molecular complexity index is 1590. The lowest BCUT2D eigenvalue weighted by Crippen LogP contribution is -2.55. The maximum absolute atomic E-state index is 12.5. The maximum Gasteiger partial charge on any atom is 0.336 e. The van der Waals surface area contributed by atoms with E-state index in [0.29, 0.717) is 50.2 Å². The van der Waals surface area contributed by atoms with E-state index in [1.807, 2.05) is 29.0 Å². The minimum absolute atomic E-state index is 0.172. The second-order valence-electron chi connectivity index (χ2n) is 10.4. The molecule has 1 amide bonds. The van der Waals surface area contributed by atoms with Crippen molar-refractivity contribution in [3.05, 3.63) is 54.5 Å². The Balaban J connectivity index is 1.36. The lowest BCUT2D eigenvalue weighted by atomic mass is 10.1. The van der Waals surface area contributed by atoms with Gasteiger partial charge in [-0.2, -0.15) is 15.3 Å². The molecule has 2 atom stereocenters. The summed E-state index contributed by atoms with van der Waals surface area (Å²) in [4.78, 5) is 28.1. The van der Waals surface area contributed by atoms with Crippen molar-refractivity contribution in [2.24, 2.45) is 0 Å². The van der Waals surface area contributed by atoms with Crippen LogP contribution in [0.1, 0.15) is 30.5 Å². The van der Waals surface area contributed by atoms with E-state index in [9.17, 15) is 10.1 Å². The van der Waals surface area contributed by atoms with E-state index in [1.54, 1.807) is 4.90 Å². The Hall–Kier alpha value is -4.50.